The number of rotatable bonds is 4. The van der Waals surface area contributed by atoms with Gasteiger partial charge in [0.25, 0.3) is 0 Å². The average Bonchev–Trinajstić information content (AvgIpc) is 2.40. The molecule has 0 saturated carbocycles. The van der Waals surface area contributed by atoms with Gasteiger partial charge in [0.1, 0.15) is 5.82 Å². The van der Waals surface area contributed by atoms with Crippen LogP contribution in [-0.4, -0.2) is 19.1 Å². The van der Waals surface area contributed by atoms with E-state index < -0.39 is 0 Å². The summed E-state index contributed by atoms with van der Waals surface area (Å²) in [6.45, 7) is 2.42. The third-order valence-corrected chi connectivity index (χ3v) is 2.99. The summed E-state index contributed by atoms with van der Waals surface area (Å²) < 4.78 is 13.2. The molecule has 100 valence electrons. The second kappa shape index (κ2) is 5.69. The lowest BCUT2D eigenvalue weighted by atomic mass is 10.1. The van der Waals surface area contributed by atoms with Gasteiger partial charge in [0.05, 0.1) is 17.6 Å². The van der Waals surface area contributed by atoms with Gasteiger partial charge in [0.2, 0.25) is 0 Å². The summed E-state index contributed by atoms with van der Waals surface area (Å²) in [6, 6.07) is 7.11. The fourth-order valence-electron chi connectivity index (χ4n) is 1.93. The zero-order valence-electron chi connectivity index (χ0n) is 11.4. The van der Waals surface area contributed by atoms with Crippen molar-refractivity contribution in [2.24, 2.45) is 0 Å². The fraction of sp³-hybridized carbons (Fsp3) is 0.267. The molecule has 0 fully saturated rings. The largest absolute Gasteiger partial charge is 0.378 e. The van der Waals surface area contributed by atoms with Crippen molar-refractivity contribution < 1.29 is 4.39 Å². The Balaban J connectivity index is 2.12. The maximum atomic E-state index is 13.2. The minimum absolute atomic E-state index is 0.167. The van der Waals surface area contributed by atoms with E-state index in [1.54, 1.807) is 25.4 Å². The van der Waals surface area contributed by atoms with Crippen LogP contribution in [0, 0.1) is 12.7 Å². The normalized spacial score (nSPS) is 10.3. The van der Waals surface area contributed by atoms with Crippen LogP contribution in [0.1, 0.15) is 11.1 Å². The topological polar surface area (TPSA) is 28.2 Å². The van der Waals surface area contributed by atoms with Crippen molar-refractivity contribution in [1.29, 1.82) is 0 Å². The van der Waals surface area contributed by atoms with Crippen molar-refractivity contribution in [2.45, 2.75) is 13.5 Å². The molecule has 1 aromatic carbocycles. The van der Waals surface area contributed by atoms with Crippen molar-refractivity contribution in [1.82, 2.24) is 4.98 Å². The van der Waals surface area contributed by atoms with Crippen LogP contribution in [0.25, 0.3) is 0 Å². The molecule has 1 heterocycles. The number of benzene rings is 1. The van der Waals surface area contributed by atoms with Crippen LogP contribution in [0.3, 0.4) is 0 Å². The third-order valence-electron chi connectivity index (χ3n) is 2.99. The molecule has 1 N–H and O–H groups in total. The van der Waals surface area contributed by atoms with E-state index in [1.807, 2.05) is 31.1 Å². The molecule has 0 spiro atoms. The molecule has 0 saturated heterocycles. The second-order valence-corrected chi connectivity index (χ2v) is 4.72. The molecule has 0 unspecified atom stereocenters. The quantitative estimate of drug-likeness (QED) is 0.914. The van der Waals surface area contributed by atoms with Crippen LogP contribution in [0.5, 0.6) is 0 Å². The minimum atomic E-state index is -0.167. The SMILES string of the molecule is Cc1cc(CNc2cnccc2N(C)C)ccc1F. The molecule has 2 rings (SSSR count). The average molecular weight is 259 g/mol. The standard InChI is InChI=1S/C15H18FN3/c1-11-8-12(4-5-13(11)16)9-18-14-10-17-7-6-15(14)19(2)3/h4-8,10,18H,9H2,1-3H3. The lowest BCUT2D eigenvalue weighted by Gasteiger charge is -2.18. The monoisotopic (exact) mass is 259 g/mol. The van der Waals surface area contributed by atoms with E-state index in [1.165, 1.54) is 6.07 Å². The van der Waals surface area contributed by atoms with Gasteiger partial charge in [-0.25, -0.2) is 4.39 Å². The Morgan fingerprint density at radius 1 is 1.26 bits per heavy atom. The lowest BCUT2D eigenvalue weighted by Crippen LogP contribution is -2.12. The highest BCUT2D eigenvalue weighted by Crippen LogP contribution is 2.23. The number of nitrogens with zero attached hydrogens (tertiary/aromatic N) is 2. The number of hydrogen-bond donors (Lipinski definition) is 1. The van der Waals surface area contributed by atoms with E-state index in [9.17, 15) is 4.39 Å². The maximum Gasteiger partial charge on any atom is 0.126 e. The maximum absolute atomic E-state index is 13.2. The smallest absolute Gasteiger partial charge is 0.126 e. The van der Waals surface area contributed by atoms with E-state index in [2.05, 4.69) is 10.3 Å². The lowest BCUT2D eigenvalue weighted by molar-refractivity contribution is 0.617. The second-order valence-electron chi connectivity index (χ2n) is 4.72. The van der Waals surface area contributed by atoms with Crippen molar-refractivity contribution in [3.63, 3.8) is 0 Å². The number of hydrogen-bond acceptors (Lipinski definition) is 3. The van der Waals surface area contributed by atoms with Crippen LogP contribution >= 0.6 is 0 Å². The predicted molar refractivity (Wildman–Crippen MR) is 77.0 cm³/mol. The first-order valence-corrected chi connectivity index (χ1v) is 6.18. The summed E-state index contributed by atoms with van der Waals surface area (Å²) >= 11 is 0. The number of pyridine rings is 1. The van der Waals surface area contributed by atoms with Gasteiger partial charge in [-0.3, -0.25) is 4.98 Å². The highest BCUT2D eigenvalue weighted by molar-refractivity contribution is 5.68. The molecule has 1 aromatic heterocycles. The van der Waals surface area contributed by atoms with Crippen LogP contribution < -0.4 is 10.2 Å². The van der Waals surface area contributed by atoms with E-state index in [-0.39, 0.29) is 5.82 Å². The van der Waals surface area contributed by atoms with Gasteiger partial charge >= 0.3 is 0 Å². The highest BCUT2D eigenvalue weighted by atomic mass is 19.1. The molecule has 2 aromatic rings. The minimum Gasteiger partial charge on any atom is -0.378 e. The molecule has 0 radical (unpaired) electrons. The number of aryl methyl sites for hydroxylation is 1. The van der Waals surface area contributed by atoms with Gasteiger partial charge in [-0.15, -0.1) is 0 Å². The van der Waals surface area contributed by atoms with E-state index in [0.29, 0.717) is 12.1 Å². The number of nitrogens with one attached hydrogen (secondary N) is 1. The molecule has 0 aliphatic carbocycles. The first-order valence-electron chi connectivity index (χ1n) is 6.18. The Kier molecular flexibility index (Phi) is 4.00. The third kappa shape index (κ3) is 3.22. The van der Waals surface area contributed by atoms with Gasteiger partial charge in [-0.05, 0) is 30.2 Å². The molecule has 4 heteroatoms. The molecule has 0 aliphatic rings. The van der Waals surface area contributed by atoms with Gasteiger partial charge in [-0.1, -0.05) is 12.1 Å². The number of aromatic nitrogens is 1. The molecule has 0 bridgehead atoms. The first-order chi connectivity index (χ1) is 9.08. The molecular weight excluding hydrogens is 241 g/mol. The zero-order chi connectivity index (χ0) is 13.8. The highest BCUT2D eigenvalue weighted by Gasteiger charge is 2.04. The Labute approximate surface area is 113 Å². The Morgan fingerprint density at radius 2 is 2.05 bits per heavy atom. The van der Waals surface area contributed by atoms with Gasteiger partial charge < -0.3 is 10.2 Å². The van der Waals surface area contributed by atoms with Crippen molar-refractivity contribution >= 4 is 11.4 Å². The molecule has 0 amide bonds. The summed E-state index contributed by atoms with van der Waals surface area (Å²) in [4.78, 5) is 6.15. The van der Waals surface area contributed by atoms with Crippen LogP contribution in [0.15, 0.2) is 36.7 Å². The van der Waals surface area contributed by atoms with Crippen LogP contribution in [0.4, 0.5) is 15.8 Å². The summed E-state index contributed by atoms with van der Waals surface area (Å²) in [5.74, 6) is -0.167. The van der Waals surface area contributed by atoms with E-state index >= 15 is 0 Å². The van der Waals surface area contributed by atoms with Crippen molar-refractivity contribution in [3.8, 4) is 0 Å². The summed E-state index contributed by atoms with van der Waals surface area (Å²) in [7, 11) is 3.98. The Hall–Kier alpha value is -2.10. The van der Waals surface area contributed by atoms with Gasteiger partial charge in [0, 0.05) is 26.8 Å². The van der Waals surface area contributed by atoms with Gasteiger partial charge in [-0.2, -0.15) is 0 Å². The fourth-order valence-corrected chi connectivity index (χ4v) is 1.93. The summed E-state index contributed by atoms with van der Waals surface area (Å²) in [5.41, 5.74) is 3.76. The molecule has 19 heavy (non-hydrogen) atoms. The number of anilines is 2. The summed E-state index contributed by atoms with van der Waals surface area (Å²) in [5, 5.41) is 3.33. The molecule has 3 nitrogen and oxygen atoms in total. The van der Waals surface area contributed by atoms with E-state index in [4.69, 9.17) is 0 Å². The molecule has 0 atom stereocenters. The zero-order valence-corrected chi connectivity index (χ0v) is 11.4. The predicted octanol–water partition coefficient (Wildman–Crippen LogP) is 3.21. The van der Waals surface area contributed by atoms with Crippen LogP contribution in [0.2, 0.25) is 0 Å². The van der Waals surface area contributed by atoms with E-state index in [0.717, 1.165) is 16.9 Å². The molecular formula is C15H18FN3. The Bertz CT molecular complexity index is 567. The summed E-state index contributed by atoms with van der Waals surface area (Å²) in [6.07, 6.45) is 3.56. The van der Waals surface area contributed by atoms with Crippen molar-refractivity contribution in [3.05, 3.63) is 53.6 Å². The Morgan fingerprint density at radius 3 is 2.74 bits per heavy atom. The number of halogens is 1. The molecule has 0 aliphatic heterocycles. The van der Waals surface area contributed by atoms with Gasteiger partial charge in [0.15, 0.2) is 0 Å². The van der Waals surface area contributed by atoms with Crippen LogP contribution in [-0.2, 0) is 6.54 Å². The van der Waals surface area contributed by atoms with Crippen molar-refractivity contribution in [2.75, 3.05) is 24.3 Å². The first kappa shape index (κ1) is 13.3.